The Kier molecular flexibility index (Phi) is 6.33. The van der Waals surface area contributed by atoms with Crippen molar-refractivity contribution >= 4 is 29.5 Å². The van der Waals surface area contributed by atoms with E-state index in [9.17, 15) is 19.5 Å². The van der Waals surface area contributed by atoms with Crippen molar-refractivity contribution in [1.29, 1.82) is 0 Å². The van der Waals surface area contributed by atoms with Crippen molar-refractivity contribution in [2.75, 3.05) is 19.0 Å². The first-order valence-electron chi connectivity index (χ1n) is 7.22. The standard InChI is InChI=1S/C14H15ClN6O5/c1-26-9-5-7(4-8(15)11(9)23)6-17-19-10(22)2-3-16-12-13(24)18-14(25)21-20-12/h4-6,23H,2-3H2,1H3,(H,16,20)(H,19,22)(H2,18,21,24,25)/b17-6+. The fourth-order valence-electron chi connectivity index (χ4n) is 1.82. The Morgan fingerprint density at radius 2 is 2.23 bits per heavy atom. The first-order chi connectivity index (χ1) is 12.4. The molecule has 1 aromatic heterocycles. The molecule has 138 valence electrons. The van der Waals surface area contributed by atoms with E-state index in [0.29, 0.717) is 5.56 Å². The number of nitrogens with one attached hydrogen (secondary N) is 4. The van der Waals surface area contributed by atoms with Gasteiger partial charge in [-0.15, -0.1) is 5.10 Å². The summed E-state index contributed by atoms with van der Waals surface area (Å²) in [5.74, 6) is -0.543. The summed E-state index contributed by atoms with van der Waals surface area (Å²) in [4.78, 5) is 35.9. The molecule has 0 saturated carbocycles. The van der Waals surface area contributed by atoms with E-state index in [4.69, 9.17) is 16.3 Å². The van der Waals surface area contributed by atoms with E-state index in [1.807, 2.05) is 4.98 Å². The number of phenols is 1. The number of H-pyrrole nitrogens is 2. The predicted molar refractivity (Wildman–Crippen MR) is 94.0 cm³/mol. The Morgan fingerprint density at radius 3 is 2.92 bits per heavy atom. The highest BCUT2D eigenvalue weighted by Gasteiger charge is 2.08. The van der Waals surface area contributed by atoms with Crippen molar-refractivity contribution in [3.8, 4) is 11.5 Å². The normalized spacial score (nSPS) is 10.7. The zero-order chi connectivity index (χ0) is 19.1. The molecule has 0 fully saturated rings. The Balaban J connectivity index is 1.85. The summed E-state index contributed by atoms with van der Waals surface area (Å²) < 4.78 is 4.96. The number of aromatic hydroxyl groups is 1. The second-order valence-electron chi connectivity index (χ2n) is 4.88. The van der Waals surface area contributed by atoms with Crippen LogP contribution in [0, 0.1) is 0 Å². The molecule has 12 heteroatoms. The Labute approximate surface area is 151 Å². The summed E-state index contributed by atoms with van der Waals surface area (Å²) in [6.07, 6.45) is 1.32. The average molecular weight is 383 g/mol. The van der Waals surface area contributed by atoms with Crippen LogP contribution in [-0.2, 0) is 4.79 Å². The predicted octanol–water partition coefficient (Wildman–Crippen LogP) is -0.222. The van der Waals surface area contributed by atoms with Crippen molar-refractivity contribution in [3.63, 3.8) is 0 Å². The molecule has 1 heterocycles. The van der Waals surface area contributed by atoms with E-state index in [-0.39, 0.29) is 35.3 Å². The SMILES string of the molecule is COc1cc(/C=N/NC(=O)CCNc2n[nH]c(=O)[nH]c2=O)cc(Cl)c1O. The lowest BCUT2D eigenvalue weighted by Crippen LogP contribution is -2.28. The van der Waals surface area contributed by atoms with Crippen LogP contribution >= 0.6 is 11.6 Å². The third-order valence-corrected chi connectivity index (χ3v) is 3.32. The summed E-state index contributed by atoms with van der Waals surface area (Å²) in [7, 11) is 1.38. The molecule has 0 radical (unpaired) electrons. The van der Waals surface area contributed by atoms with E-state index in [0.717, 1.165) is 0 Å². The second-order valence-corrected chi connectivity index (χ2v) is 5.29. The van der Waals surface area contributed by atoms with Gasteiger partial charge in [0.1, 0.15) is 0 Å². The number of aromatic nitrogens is 3. The molecule has 0 aliphatic heterocycles. The number of aromatic amines is 2. The number of anilines is 1. The molecular weight excluding hydrogens is 368 g/mol. The molecule has 26 heavy (non-hydrogen) atoms. The van der Waals surface area contributed by atoms with Crippen LogP contribution in [0.15, 0.2) is 26.8 Å². The van der Waals surface area contributed by atoms with Gasteiger partial charge in [0.15, 0.2) is 11.5 Å². The number of nitrogens with zero attached hydrogens (tertiary/aromatic N) is 2. The quantitative estimate of drug-likeness (QED) is 0.326. The fraction of sp³-hybridized carbons (Fsp3) is 0.214. The first kappa shape index (κ1) is 19.0. The number of hydrogen-bond acceptors (Lipinski definition) is 8. The van der Waals surface area contributed by atoms with Gasteiger partial charge in [-0.1, -0.05) is 11.6 Å². The number of hydrazone groups is 1. The third kappa shape index (κ3) is 5.08. The molecule has 0 bridgehead atoms. The summed E-state index contributed by atoms with van der Waals surface area (Å²) in [6, 6.07) is 2.94. The molecule has 0 saturated heterocycles. The highest BCUT2D eigenvalue weighted by atomic mass is 35.5. The van der Waals surface area contributed by atoms with Crippen LogP contribution in [0.4, 0.5) is 5.82 Å². The van der Waals surface area contributed by atoms with Gasteiger partial charge in [0.2, 0.25) is 11.7 Å². The summed E-state index contributed by atoms with van der Waals surface area (Å²) in [6.45, 7) is 0.0995. The summed E-state index contributed by atoms with van der Waals surface area (Å²) in [5, 5.41) is 21.7. The van der Waals surface area contributed by atoms with Gasteiger partial charge in [0.25, 0.3) is 5.56 Å². The van der Waals surface area contributed by atoms with Crippen LogP contribution in [0.1, 0.15) is 12.0 Å². The lowest BCUT2D eigenvalue weighted by Gasteiger charge is -2.06. The molecule has 2 rings (SSSR count). The number of rotatable bonds is 7. The van der Waals surface area contributed by atoms with Gasteiger partial charge >= 0.3 is 5.69 Å². The first-order valence-corrected chi connectivity index (χ1v) is 7.59. The Hall–Kier alpha value is -3.34. The van der Waals surface area contributed by atoms with Crippen LogP contribution in [0.5, 0.6) is 11.5 Å². The van der Waals surface area contributed by atoms with Gasteiger partial charge in [-0.2, -0.15) is 5.10 Å². The van der Waals surface area contributed by atoms with Gasteiger partial charge < -0.3 is 15.2 Å². The number of benzene rings is 1. The molecule has 2 aromatic rings. The van der Waals surface area contributed by atoms with Crippen molar-refractivity contribution in [2.45, 2.75) is 6.42 Å². The van der Waals surface area contributed by atoms with E-state index >= 15 is 0 Å². The van der Waals surface area contributed by atoms with E-state index in [1.165, 1.54) is 25.5 Å². The average Bonchev–Trinajstić information content (AvgIpc) is 2.59. The third-order valence-electron chi connectivity index (χ3n) is 3.03. The van der Waals surface area contributed by atoms with E-state index in [2.05, 4.69) is 26.0 Å². The largest absolute Gasteiger partial charge is 0.503 e. The second kappa shape index (κ2) is 8.67. The van der Waals surface area contributed by atoms with Gasteiger partial charge in [-0.3, -0.25) is 14.6 Å². The van der Waals surface area contributed by atoms with Crippen LogP contribution < -0.4 is 26.7 Å². The number of amides is 1. The molecule has 0 aliphatic carbocycles. The highest BCUT2D eigenvalue weighted by molar-refractivity contribution is 6.32. The topological polar surface area (TPSA) is 162 Å². The molecular formula is C14H15ClN6O5. The minimum atomic E-state index is -0.724. The number of carbonyl (C=O) groups is 1. The lowest BCUT2D eigenvalue weighted by molar-refractivity contribution is -0.120. The summed E-state index contributed by atoms with van der Waals surface area (Å²) >= 11 is 5.85. The van der Waals surface area contributed by atoms with Gasteiger partial charge in [0.05, 0.1) is 18.3 Å². The number of halogens is 1. The maximum Gasteiger partial charge on any atom is 0.342 e. The van der Waals surface area contributed by atoms with Crippen molar-refractivity contribution in [3.05, 3.63) is 43.6 Å². The maximum absolute atomic E-state index is 11.7. The van der Waals surface area contributed by atoms with E-state index in [1.54, 1.807) is 0 Å². The van der Waals surface area contributed by atoms with Gasteiger partial charge in [0, 0.05) is 13.0 Å². The molecule has 0 atom stereocenters. The molecule has 0 aliphatic rings. The maximum atomic E-state index is 11.7. The van der Waals surface area contributed by atoms with Crippen molar-refractivity contribution in [2.24, 2.45) is 5.10 Å². The summed E-state index contributed by atoms with van der Waals surface area (Å²) in [5.41, 5.74) is 1.39. The van der Waals surface area contributed by atoms with Crippen LogP contribution in [-0.4, -0.2) is 46.1 Å². The minimum absolute atomic E-state index is 0.00274. The zero-order valence-corrected chi connectivity index (χ0v) is 14.3. The van der Waals surface area contributed by atoms with E-state index < -0.39 is 17.2 Å². The molecule has 0 unspecified atom stereocenters. The Bertz CT molecular complexity index is 938. The van der Waals surface area contributed by atoms with Crippen molar-refractivity contribution < 1.29 is 14.6 Å². The lowest BCUT2D eigenvalue weighted by atomic mass is 10.2. The monoisotopic (exact) mass is 382 g/mol. The van der Waals surface area contributed by atoms with Gasteiger partial charge in [-0.25, -0.2) is 15.3 Å². The number of carbonyl (C=O) groups excluding carboxylic acids is 1. The molecule has 1 amide bonds. The number of hydrogen-bond donors (Lipinski definition) is 5. The number of phenolic OH excluding ortho intramolecular Hbond substituents is 1. The molecule has 5 N–H and O–H groups in total. The smallest absolute Gasteiger partial charge is 0.342 e. The Morgan fingerprint density at radius 1 is 1.46 bits per heavy atom. The van der Waals surface area contributed by atoms with Crippen molar-refractivity contribution in [1.82, 2.24) is 20.6 Å². The van der Waals surface area contributed by atoms with Gasteiger partial charge in [-0.05, 0) is 17.7 Å². The van der Waals surface area contributed by atoms with Crippen LogP contribution in [0.3, 0.4) is 0 Å². The van der Waals surface area contributed by atoms with Crippen LogP contribution in [0.25, 0.3) is 0 Å². The molecule has 1 aromatic carbocycles. The highest BCUT2D eigenvalue weighted by Crippen LogP contribution is 2.34. The number of ether oxygens (including phenoxy) is 1. The zero-order valence-electron chi connectivity index (χ0n) is 13.5. The molecule has 0 spiro atoms. The van der Waals surface area contributed by atoms with Crippen LogP contribution in [0.2, 0.25) is 5.02 Å². The molecule has 11 nitrogen and oxygen atoms in total. The minimum Gasteiger partial charge on any atom is -0.503 e. The fourth-order valence-corrected chi connectivity index (χ4v) is 2.04. The number of methoxy groups -OCH3 is 1.